The van der Waals surface area contributed by atoms with Gasteiger partial charge in [-0.3, -0.25) is 4.79 Å². The van der Waals surface area contributed by atoms with Crippen LogP contribution >= 0.6 is 0 Å². The van der Waals surface area contributed by atoms with Crippen LogP contribution in [0.15, 0.2) is 0 Å². The lowest BCUT2D eigenvalue weighted by molar-refractivity contribution is -0.119. The van der Waals surface area contributed by atoms with Gasteiger partial charge in [-0.25, -0.2) is 0 Å². The Morgan fingerprint density at radius 2 is 2.00 bits per heavy atom. The summed E-state index contributed by atoms with van der Waals surface area (Å²) < 4.78 is 0. The summed E-state index contributed by atoms with van der Waals surface area (Å²) in [6, 6.07) is 0. The van der Waals surface area contributed by atoms with Gasteiger partial charge in [-0.2, -0.15) is 0 Å². The number of carbonyl (C=O) groups excluding carboxylic acids is 1. The Morgan fingerprint density at radius 1 is 1.36 bits per heavy atom. The summed E-state index contributed by atoms with van der Waals surface area (Å²) in [4.78, 5) is 10.1. The van der Waals surface area contributed by atoms with Crippen LogP contribution in [-0.4, -0.2) is 12.5 Å². The molecule has 0 bridgehead atoms. The molecule has 0 saturated carbocycles. The number of nitrogens with one attached hydrogen (secondary N) is 1. The highest BCUT2D eigenvalue weighted by molar-refractivity contribution is 5.77. The van der Waals surface area contributed by atoms with E-state index in [4.69, 9.17) is 0 Å². The van der Waals surface area contributed by atoms with Crippen LogP contribution in [0.25, 0.3) is 0 Å². The third-order valence-corrected chi connectivity index (χ3v) is 2.18. The van der Waals surface area contributed by atoms with Crippen molar-refractivity contribution in [2.45, 2.75) is 59.8 Å². The molecule has 2 heteroatoms. The topological polar surface area (TPSA) is 29.1 Å². The van der Waals surface area contributed by atoms with Crippen molar-refractivity contribution in [3.63, 3.8) is 0 Å². The van der Waals surface area contributed by atoms with Gasteiger partial charge in [0.05, 0.1) is 0 Å². The van der Waals surface area contributed by atoms with Crippen LogP contribution in [-0.2, 0) is 4.79 Å². The standard InChI is InChI=1S/C8H18.C4H7NO/c1-5-6-7-8(2,3)4;6-4-2-1-3-5-4/h5-7H2,1-4H3;1-3H2,(H,5,6). The molecule has 1 N–H and O–H groups in total. The average molecular weight is 199 g/mol. The predicted octanol–water partition coefficient (Wildman–Crippen LogP) is 3.12. The van der Waals surface area contributed by atoms with Gasteiger partial charge in [-0.15, -0.1) is 0 Å². The van der Waals surface area contributed by atoms with Crippen LogP contribution in [0.5, 0.6) is 0 Å². The smallest absolute Gasteiger partial charge is 0.220 e. The molecule has 0 aromatic carbocycles. The van der Waals surface area contributed by atoms with Crippen molar-refractivity contribution in [1.29, 1.82) is 0 Å². The van der Waals surface area contributed by atoms with E-state index in [9.17, 15) is 4.79 Å². The van der Waals surface area contributed by atoms with Crippen molar-refractivity contribution in [2.24, 2.45) is 5.41 Å². The fourth-order valence-corrected chi connectivity index (χ4v) is 1.27. The van der Waals surface area contributed by atoms with Gasteiger partial charge in [-0.1, -0.05) is 40.5 Å². The van der Waals surface area contributed by atoms with Crippen LogP contribution in [0.3, 0.4) is 0 Å². The molecule has 1 amide bonds. The zero-order valence-electron chi connectivity index (χ0n) is 10.2. The maximum Gasteiger partial charge on any atom is 0.220 e. The summed E-state index contributed by atoms with van der Waals surface area (Å²) in [7, 11) is 0. The van der Waals surface area contributed by atoms with E-state index >= 15 is 0 Å². The molecule has 2 nitrogen and oxygen atoms in total. The summed E-state index contributed by atoms with van der Waals surface area (Å²) in [5, 5.41) is 2.68. The maximum absolute atomic E-state index is 10.1. The molecule has 0 radical (unpaired) electrons. The van der Waals surface area contributed by atoms with E-state index in [1.807, 2.05) is 0 Å². The normalized spacial score (nSPS) is 15.9. The van der Waals surface area contributed by atoms with E-state index in [1.165, 1.54) is 19.3 Å². The molecule has 0 aliphatic carbocycles. The number of rotatable bonds is 2. The lowest BCUT2D eigenvalue weighted by atomic mass is 9.90. The van der Waals surface area contributed by atoms with Gasteiger partial charge in [0.15, 0.2) is 0 Å². The zero-order valence-corrected chi connectivity index (χ0v) is 10.2. The van der Waals surface area contributed by atoms with E-state index in [2.05, 4.69) is 33.0 Å². The van der Waals surface area contributed by atoms with Crippen LogP contribution in [0.1, 0.15) is 59.8 Å². The molecule has 1 heterocycles. The first-order valence-corrected chi connectivity index (χ1v) is 5.72. The molecule has 1 aliphatic heterocycles. The van der Waals surface area contributed by atoms with Crippen molar-refractivity contribution < 1.29 is 4.79 Å². The van der Waals surface area contributed by atoms with Crippen molar-refractivity contribution in [1.82, 2.24) is 5.32 Å². The first-order chi connectivity index (χ1) is 6.45. The van der Waals surface area contributed by atoms with Crippen LogP contribution in [0, 0.1) is 5.41 Å². The van der Waals surface area contributed by atoms with Crippen LogP contribution in [0.4, 0.5) is 0 Å². The molecule has 0 unspecified atom stereocenters. The van der Waals surface area contributed by atoms with Crippen LogP contribution < -0.4 is 5.32 Å². The van der Waals surface area contributed by atoms with Gasteiger partial charge >= 0.3 is 0 Å². The number of hydrogen-bond acceptors (Lipinski definition) is 1. The average Bonchev–Trinajstić information content (AvgIpc) is 2.52. The molecule has 14 heavy (non-hydrogen) atoms. The summed E-state index contributed by atoms with van der Waals surface area (Å²) in [5.41, 5.74) is 0.552. The number of carbonyl (C=O) groups is 1. The molecule has 0 spiro atoms. The number of unbranched alkanes of at least 4 members (excludes halogenated alkanes) is 1. The Kier molecular flexibility index (Phi) is 6.60. The number of hydrogen-bond donors (Lipinski definition) is 1. The minimum absolute atomic E-state index is 0.204. The molecule has 1 saturated heterocycles. The highest BCUT2D eigenvalue weighted by Crippen LogP contribution is 2.20. The molecule has 0 aromatic heterocycles. The molecule has 0 aromatic rings. The van der Waals surface area contributed by atoms with Crippen molar-refractivity contribution in [3.8, 4) is 0 Å². The maximum atomic E-state index is 10.1. The number of amides is 1. The zero-order chi connectivity index (χ0) is 11.0. The van der Waals surface area contributed by atoms with E-state index < -0.39 is 0 Å². The Morgan fingerprint density at radius 3 is 2.14 bits per heavy atom. The fourth-order valence-electron chi connectivity index (χ4n) is 1.27. The summed E-state index contributed by atoms with van der Waals surface area (Å²) in [6.45, 7) is 10.0. The Labute approximate surface area is 88.5 Å². The van der Waals surface area contributed by atoms with Gasteiger partial charge in [0.2, 0.25) is 5.91 Å². The molecular formula is C12H25NO. The quantitative estimate of drug-likeness (QED) is 0.727. The van der Waals surface area contributed by atoms with Gasteiger partial charge in [-0.05, 0) is 18.3 Å². The van der Waals surface area contributed by atoms with E-state index in [-0.39, 0.29) is 5.91 Å². The highest BCUT2D eigenvalue weighted by Gasteiger charge is 2.07. The van der Waals surface area contributed by atoms with Gasteiger partial charge < -0.3 is 5.32 Å². The van der Waals surface area contributed by atoms with Crippen molar-refractivity contribution in [2.75, 3.05) is 6.54 Å². The SMILES string of the molecule is CCCCC(C)(C)C.O=C1CCCN1. The minimum atomic E-state index is 0.204. The third-order valence-electron chi connectivity index (χ3n) is 2.18. The third kappa shape index (κ3) is 9.56. The molecule has 0 atom stereocenters. The molecule has 1 fully saturated rings. The van der Waals surface area contributed by atoms with E-state index in [0.717, 1.165) is 19.4 Å². The first-order valence-electron chi connectivity index (χ1n) is 5.72. The van der Waals surface area contributed by atoms with Gasteiger partial charge in [0.25, 0.3) is 0 Å². The fraction of sp³-hybridized carbons (Fsp3) is 0.917. The molecular weight excluding hydrogens is 174 g/mol. The predicted molar refractivity (Wildman–Crippen MR) is 61.2 cm³/mol. The largest absolute Gasteiger partial charge is 0.356 e. The second-order valence-corrected chi connectivity index (χ2v) is 5.12. The van der Waals surface area contributed by atoms with Crippen LogP contribution in [0.2, 0.25) is 0 Å². The minimum Gasteiger partial charge on any atom is -0.356 e. The highest BCUT2D eigenvalue weighted by atomic mass is 16.1. The second-order valence-electron chi connectivity index (χ2n) is 5.12. The molecule has 1 aliphatic rings. The summed E-state index contributed by atoms with van der Waals surface area (Å²) in [6.07, 6.45) is 5.84. The van der Waals surface area contributed by atoms with Gasteiger partial charge in [0.1, 0.15) is 0 Å². The molecule has 1 rings (SSSR count). The van der Waals surface area contributed by atoms with E-state index in [0.29, 0.717) is 5.41 Å². The molecule has 84 valence electrons. The lowest BCUT2D eigenvalue weighted by Crippen LogP contribution is -2.12. The van der Waals surface area contributed by atoms with E-state index in [1.54, 1.807) is 0 Å². The summed E-state index contributed by atoms with van der Waals surface area (Å²) >= 11 is 0. The van der Waals surface area contributed by atoms with Gasteiger partial charge in [0, 0.05) is 13.0 Å². The second kappa shape index (κ2) is 6.86. The van der Waals surface area contributed by atoms with Crippen molar-refractivity contribution in [3.05, 3.63) is 0 Å². The van der Waals surface area contributed by atoms with Crippen molar-refractivity contribution >= 4 is 5.91 Å². The Balaban J connectivity index is 0.000000249. The Hall–Kier alpha value is -0.530. The summed E-state index contributed by atoms with van der Waals surface area (Å²) in [5.74, 6) is 0.204. The monoisotopic (exact) mass is 199 g/mol. The Bertz CT molecular complexity index is 150. The first kappa shape index (κ1) is 13.5. The lowest BCUT2D eigenvalue weighted by Gasteiger charge is -2.16.